The van der Waals surface area contributed by atoms with Crippen LogP contribution in [0.2, 0.25) is 0 Å². The molecule has 12 heavy (non-hydrogen) atoms. The molecule has 0 fully saturated rings. The predicted octanol–water partition coefficient (Wildman–Crippen LogP) is 3.86. The van der Waals surface area contributed by atoms with E-state index in [-0.39, 0.29) is 11.7 Å². The summed E-state index contributed by atoms with van der Waals surface area (Å²) in [5.74, 6) is 0.191. The summed E-state index contributed by atoms with van der Waals surface area (Å²) in [5.41, 5.74) is 1.89. The van der Waals surface area contributed by atoms with Crippen molar-refractivity contribution in [2.75, 3.05) is 0 Å². The van der Waals surface area contributed by atoms with Gasteiger partial charge in [-0.2, -0.15) is 0 Å². The summed E-state index contributed by atoms with van der Waals surface area (Å²) in [5, 5.41) is 0. The lowest BCUT2D eigenvalue weighted by Crippen LogP contribution is -1.97. The minimum Gasteiger partial charge on any atom is -0.207 e. The van der Waals surface area contributed by atoms with E-state index < -0.39 is 0 Å². The number of halogens is 2. The topological polar surface area (TPSA) is 0 Å². The van der Waals surface area contributed by atoms with E-state index in [0.29, 0.717) is 0 Å². The highest BCUT2D eigenvalue weighted by Gasteiger charge is 2.10. The number of rotatable bonds is 1. The highest BCUT2D eigenvalue weighted by atomic mass is 127. The number of hydrogen-bond acceptors (Lipinski definition) is 0. The summed E-state index contributed by atoms with van der Waals surface area (Å²) in [6.07, 6.45) is 0. The Morgan fingerprint density at radius 1 is 1.33 bits per heavy atom. The third kappa shape index (κ3) is 1.97. The molecule has 0 aromatic heterocycles. The Morgan fingerprint density at radius 3 is 2.33 bits per heavy atom. The fourth-order valence-electron chi connectivity index (χ4n) is 1.44. The van der Waals surface area contributed by atoms with E-state index in [4.69, 9.17) is 0 Å². The van der Waals surface area contributed by atoms with Crippen LogP contribution in [0, 0.1) is 16.3 Å². The zero-order chi connectivity index (χ0) is 9.30. The summed E-state index contributed by atoms with van der Waals surface area (Å²) >= 11 is 2.13. The maximum Gasteiger partial charge on any atom is 0.127 e. The van der Waals surface area contributed by atoms with Gasteiger partial charge in [-0.15, -0.1) is 0 Å². The lowest BCUT2D eigenvalue weighted by atomic mass is 9.98. The first kappa shape index (κ1) is 9.96. The van der Waals surface area contributed by atoms with Gasteiger partial charge in [-0.05, 0) is 58.7 Å². The SMILES string of the molecule is Cc1cc(I)cc(F)c1C(C)C. The van der Waals surface area contributed by atoms with E-state index in [1.165, 1.54) is 0 Å². The minimum atomic E-state index is -0.0746. The molecule has 0 saturated heterocycles. The van der Waals surface area contributed by atoms with E-state index >= 15 is 0 Å². The second-order valence-electron chi connectivity index (χ2n) is 3.27. The monoisotopic (exact) mass is 278 g/mol. The molecule has 66 valence electrons. The van der Waals surface area contributed by atoms with E-state index in [0.717, 1.165) is 14.7 Å². The lowest BCUT2D eigenvalue weighted by Gasteiger charge is -2.10. The normalized spacial score (nSPS) is 10.8. The molecule has 0 aliphatic carbocycles. The van der Waals surface area contributed by atoms with Crippen molar-refractivity contribution in [3.05, 3.63) is 32.6 Å². The number of benzene rings is 1. The second-order valence-corrected chi connectivity index (χ2v) is 4.52. The molecule has 0 bridgehead atoms. The van der Waals surface area contributed by atoms with Gasteiger partial charge in [0.05, 0.1) is 0 Å². The van der Waals surface area contributed by atoms with Crippen molar-refractivity contribution in [2.45, 2.75) is 26.7 Å². The molecule has 0 N–H and O–H groups in total. The van der Waals surface area contributed by atoms with Gasteiger partial charge in [0.2, 0.25) is 0 Å². The third-order valence-electron chi connectivity index (χ3n) is 1.88. The standard InChI is InChI=1S/C10H12FI/c1-6(2)10-7(3)4-8(12)5-9(10)11/h4-6H,1-3H3. The van der Waals surface area contributed by atoms with Gasteiger partial charge in [0.25, 0.3) is 0 Å². The smallest absolute Gasteiger partial charge is 0.127 e. The molecule has 0 aliphatic rings. The molecule has 1 aromatic rings. The summed E-state index contributed by atoms with van der Waals surface area (Å²) < 4.78 is 14.3. The molecule has 0 saturated carbocycles. The van der Waals surface area contributed by atoms with Crippen molar-refractivity contribution in [1.29, 1.82) is 0 Å². The van der Waals surface area contributed by atoms with Gasteiger partial charge in [-0.3, -0.25) is 0 Å². The molecule has 0 atom stereocenters. The molecule has 0 heterocycles. The van der Waals surface area contributed by atoms with Crippen LogP contribution in [0.15, 0.2) is 12.1 Å². The van der Waals surface area contributed by atoms with Crippen LogP contribution in [0.5, 0.6) is 0 Å². The van der Waals surface area contributed by atoms with Crippen LogP contribution in [0.4, 0.5) is 4.39 Å². The van der Waals surface area contributed by atoms with Gasteiger partial charge in [-0.25, -0.2) is 4.39 Å². The highest BCUT2D eigenvalue weighted by molar-refractivity contribution is 14.1. The summed E-state index contributed by atoms with van der Waals surface area (Å²) in [4.78, 5) is 0. The van der Waals surface area contributed by atoms with Gasteiger partial charge in [0.1, 0.15) is 5.82 Å². The molecule has 0 amide bonds. The Kier molecular flexibility index (Phi) is 3.09. The van der Waals surface area contributed by atoms with E-state index in [1.54, 1.807) is 6.07 Å². The van der Waals surface area contributed by atoms with Crippen LogP contribution in [-0.4, -0.2) is 0 Å². The van der Waals surface area contributed by atoms with Crippen LogP contribution in [-0.2, 0) is 0 Å². The zero-order valence-electron chi connectivity index (χ0n) is 7.49. The van der Waals surface area contributed by atoms with Crippen molar-refractivity contribution >= 4 is 22.6 Å². The summed E-state index contributed by atoms with van der Waals surface area (Å²) in [6, 6.07) is 3.60. The maximum absolute atomic E-state index is 13.4. The van der Waals surface area contributed by atoms with Crippen molar-refractivity contribution in [3.63, 3.8) is 0 Å². The van der Waals surface area contributed by atoms with Gasteiger partial charge in [0.15, 0.2) is 0 Å². The summed E-state index contributed by atoms with van der Waals surface area (Å²) in [7, 11) is 0. The lowest BCUT2D eigenvalue weighted by molar-refractivity contribution is 0.595. The Hall–Kier alpha value is -0.120. The maximum atomic E-state index is 13.4. The van der Waals surface area contributed by atoms with Crippen LogP contribution in [0.25, 0.3) is 0 Å². The van der Waals surface area contributed by atoms with Gasteiger partial charge >= 0.3 is 0 Å². The van der Waals surface area contributed by atoms with Crippen LogP contribution in [0.1, 0.15) is 30.9 Å². The van der Waals surface area contributed by atoms with Crippen molar-refractivity contribution < 1.29 is 4.39 Å². The summed E-state index contributed by atoms with van der Waals surface area (Å²) in [6.45, 7) is 5.98. The van der Waals surface area contributed by atoms with Crippen molar-refractivity contribution in [1.82, 2.24) is 0 Å². The first-order valence-corrected chi connectivity index (χ1v) is 5.05. The van der Waals surface area contributed by atoms with Gasteiger partial charge in [0, 0.05) is 3.57 Å². The van der Waals surface area contributed by atoms with Crippen molar-refractivity contribution in [3.8, 4) is 0 Å². The van der Waals surface area contributed by atoms with Gasteiger partial charge in [-0.1, -0.05) is 13.8 Å². The molecular weight excluding hydrogens is 266 g/mol. The molecule has 1 aromatic carbocycles. The Labute approximate surface area is 86.3 Å². The Bertz CT molecular complexity index is 269. The molecule has 0 aliphatic heterocycles. The number of aryl methyl sites for hydroxylation is 1. The van der Waals surface area contributed by atoms with Crippen LogP contribution < -0.4 is 0 Å². The van der Waals surface area contributed by atoms with Crippen LogP contribution in [0.3, 0.4) is 0 Å². The fourth-order valence-corrected chi connectivity index (χ4v) is 2.19. The Balaban J connectivity index is 3.28. The molecule has 0 spiro atoms. The molecule has 0 unspecified atom stereocenters. The number of hydrogen-bond donors (Lipinski definition) is 0. The van der Waals surface area contributed by atoms with Crippen LogP contribution >= 0.6 is 22.6 Å². The predicted molar refractivity (Wildman–Crippen MR) is 57.9 cm³/mol. The van der Waals surface area contributed by atoms with Crippen molar-refractivity contribution in [2.24, 2.45) is 0 Å². The average molecular weight is 278 g/mol. The van der Waals surface area contributed by atoms with Gasteiger partial charge < -0.3 is 0 Å². The molecule has 0 radical (unpaired) electrons. The molecule has 1 rings (SSSR count). The third-order valence-corrected chi connectivity index (χ3v) is 2.50. The minimum absolute atomic E-state index is 0.0746. The fraction of sp³-hybridized carbons (Fsp3) is 0.400. The molecular formula is C10H12FI. The first-order valence-electron chi connectivity index (χ1n) is 3.98. The average Bonchev–Trinajstić information content (AvgIpc) is 1.82. The highest BCUT2D eigenvalue weighted by Crippen LogP contribution is 2.24. The van der Waals surface area contributed by atoms with E-state index in [1.807, 2.05) is 26.8 Å². The van der Waals surface area contributed by atoms with E-state index in [9.17, 15) is 4.39 Å². The quantitative estimate of drug-likeness (QED) is 0.684. The Morgan fingerprint density at radius 2 is 1.92 bits per heavy atom. The second kappa shape index (κ2) is 3.73. The molecule has 0 nitrogen and oxygen atoms in total. The molecule has 2 heteroatoms. The first-order chi connectivity index (χ1) is 5.52. The largest absolute Gasteiger partial charge is 0.207 e. The van der Waals surface area contributed by atoms with E-state index in [2.05, 4.69) is 22.6 Å². The zero-order valence-corrected chi connectivity index (χ0v) is 9.65.